The van der Waals surface area contributed by atoms with E-state index in [2.05, 4.69) is 66.1 Å². The van der Waals surface area contributed by atoms with E-state index in [1.165, 1.54) is 21.7 Å². The molecular weight excluding hydrogens is 276 g/mol. The van der Waals surface area contributed by atoms with Crippen LogP contribution in [0.25, 0.3) is 0 Å². The number of para-hydroxylation sites is 1. The summed E-state index contributed by atoms with van der Waals surface area (Å²) in [5.74, 6) is 1.10. The molecule has 1 heterocycles. The molecule has 0 saturated carbocycles. The third-order valence-electron chi connectivity index (χ3n) is 3.87. The Balaban J connectivity index is 1.88. The molecule has 1 aliphatic heterocycles. The van der Waals surface area contributed by atoms with Crippen molar-refractivity contribution in [2.24, 2.45) is 0 Å². The maximum atomic E-state index is 3.77. The molecule has 2 aromatic rings. The van der Waals surface area contributed by atoms with Crippen LogP contribution in [0.4, 0.5) is 5.69 Å². The van der Waals surface area contributed by atoms with Crippen LogP contribution in [0.2, 0.25) is 0 Å². The van der Waals surface area contributed by atoms with E-state index >= 15 is 0 Å². The maximum absolute atomic E-state index is 3.77. The standard InChI is InChI=1S/C18H22N2S/c1-2-21-18-10-6-5-9-17(18)20-16-11-12-19-13-14-7-3-4-8-15(14)16/h3-10,16,19-20H,2,11-13H2,1H3. The summed E-state index contributed by atoms with van der Waals surface area (Å²) < 4.78 is 0. The van der Waals surface area contributed by atoms with E-state index in [0.29, 0.717) is 6.04 Å². The molecule has 1 unspecified atom stereocenters. The van der Waals surface area contributed by atoms with Crippen LogP contribution in [0.1, 0.15) is 30.5 Å². The third kappa shape index (κ3) is 3.42. The Labute approximate surface area is 131 Å². The number of hydrogen-bond acceptors (Lipinski definition) is 3. The summed E-state index contributed by atoms with van der Waals surface area (Å²) in [5.41, 5.74) is 4.10. The van der Waals surface area contributed by atoms with Crippen LogP contribution in [-0.2, 0) is 6.54 Å². The lowest BCUT2D eigenvalue weighted by Crippen LogP contribution is -2.15. The summed E-state index contributed by atoms with van der Waals surface area (Å²) in [4.78, 5) is 1.34. The smallest absolute Gasteiger partial charge is 0.0529 e. The number of benzene rings is 2. The van der Waals surface area contributed by atoms with Crippen molar-refractivity contribution in [1.82, 2.24) is 5.32 Å². The predicted molar refractivity (Wildman–Crippen MR) is 92.0 cm³/mol. The van der Waals surface area contributed by atoms with Gasteiger partial charge in [0.25, 0.3) is 0 Å². The Morgan fingerprint density at radius 2 is 1.95 bits per heavy atom. The molecule has 2 N–H and O–H groups in total. The Morgan fingerprint density at radius 3 is 2.86 bits per heavy atom. The Kier molecular flexibility index (Phi) is 4.84. The first-order valence-corrected chi connectivity index (χ1v) is 8.64. The minimum Gasteiger partial charge on any atom is -0.377 e. The Morgan fingerprint density at radius 1 is 1.14 bits per heavy atom. The van der Waals surface area contributed by atoms with E-state index in [9.17, 15) is 0 Å². The molecule has 0 aromatic heterocycles. The first-order valence-electron chi connectivity index (χ1n) is 7.65. The Bertz CT molecular complexity index is 597. The van der Waals surface area contributed by atoms with Gasteiger partial charge in [0.2, 0.25) is 0 Å². The average molecular weight is 298 g/mol. The number of fused-ring (bicyclic) bond motifs is 1. The monoisotopic (exact) mass is 298 g/mol. The van der Waals surface area contributed by atoms with Gasteiger partial charge in [-0.1, -0.05) is 43.3 Å². The second kappa shape index (κ2) is 7.01. The Hall–Kier alpha value is -1.45. The molecule has 1 aliphatic rings. The van der Waals surface area contributed by atoms with E-state index in [0.717, 1.165) is 25.3 Å². The quantitative estimate of drug-likeness (QED) is 0.816. The second-order valence-electron chi connectivity index (χ2n) is 5.29. The van der Waals surface area contributed by atoms with Crippen molar-refractivity contribution in [2.45, 2.75) is 30.8 Å². The summed E-state index contributed by atoms with van der Waals surface area (Å²) in [6.07, 6.45) is 1.11. The lowest BCUT2D eigenvalue weighted by atomic mass is 9.99. The van der Waals surface area contributed by atoms with Gasteiger partial charge in [0.15, 0.2) is 0 Å². The number of rotatable bonds is 4. The molecule has 3 rings (SSSR count). The average Bonchev–Trinajstić information content (AvgIpc) is 2.72. The van der Waals surface area contributed by atoms with Crippen LogP contribution >= 0.6 is 11.8 Å². The lowest BCUT2D eigenvalue weighted by molar-refractivity contribution is 0.636. The van der Waals surface area contributed by atoms with Gasteiger partial charge in [-0.2, -0.15) is 0 Å². The van der Waals surface area contributed by atoms with Crippen molar-refractivity contribution in [3.8, 4) is 0 Å². The summed E-state index contributed by atoms with van der Waals surface area (Å²) in [7, 11) is 0. The highest BCUT2D eigenvalue weighted by Gasteiger charge is 2.18. The third-order valence-corrected chi connectivity index (χ3v) is 4.83. The first-order chi connectivity index (χ1) is 10.4. The number of thioether (sulfide) groups is 1. The number of hydrogen-bond donors (Lipinski definition) is 2. The van der Waals surface area contributed by atoms with Crippen LogP contribution < -0.4 is 10.6 Å². The van der Waals surface area contributed by atoms with Gasteiger partial charge in [-0.05, 0) is 42.0 Å². The molecule has 21 heavy (non-hydrogen) atoms. The fourth-order valence-electron chi connectivity index (χ4n) is 2.86. The van der Waals surface area contributed by atoms with Crippen LogP contribution in [-0.4, -0.2) is 12.3 Å². The van der Waals surface area contributed by atoms with Gasteiger partial charge < -0.3 is 10.6 Å². The fraction of sp³-hybridized carbons (Fsp3) is 0.333. The molecule has 0 spiro atoms. The van der Waals surface area contributed by atoms with Gasteiger partial charge in [-0.15, -0.1) is 11.8 Å². The van der Waals surface area contributed by atoms with Crippen molar-refractivity contribution in [2.75, 3.05) is 17.6 Å². The van der Waals surface area contributed by atoms with E-state index in [-0.39, 0.29) is 0 Å². The van der Waals surface area contributed by atoms with Crippen molar-refractivity contribution in [1.29, 1.82) is 0 Å². The predicted octanol–water partition coefficient (Wildman–Crippen LogP) is 4.45. The van der Waals surface area contributed by atoms with Gasteiger partial charge in [0.1, 0.15) is 0 Å². The van der Waals surface area contributed by atoms with E-state index in [1.807, 2.05) is 11.8 Å². The molecular formula is C18H22N2S. The van der Waals surface area contributed by atoms with Crippen LogP contribution in [0.5, 0.6) is 0 Å². The molecule has 110 valence electrons. The molecule has 0 saturated heterocycles. The molecule has 0 amide bonds. The van der Waals surface area contributed by atoms with E-state index in [4.69, 9.17) is 0 Å². The van der Waals surface area contributed by atoms with Crippen LogP contribution in [0.3, 0.4) is 0 Å². The normalized spacial score (nSPS) is 17.9. The first kappa shape index (κ1) is 14.5. The summed E-state index contributed by atoms with van der Waals surface area (Å²) in [5, 5.41) is 7.28. The van der Waals surface area contributed by atoms with Gasteiger partial charge in [0.05, 0.1) is 6.04 Å². The topological polar surface area (TPSA) is 24.1 Å². The number of anilines is 1. The molecule has 2 nitrogen and oxygen atoms in total. The summed E-state index contributed by atoms with van der Waals surface area (Å²) in [6, 6.07) is 17.8. The highest BCUT2D eigenvalue weighted by Crippen LogP contribution is 2.32. The van der Waals surface area contributed by atoms with E-state index < -0.39 is 0 Å². The van der Waals surface area contributed by atoms with E-state index in [1.54, 1.807) is 0 Å². The zero-order valence-corrected chi connectivity index (χ0v) is 13.2. The van der Waals surface area contributed by atoms with Crippen molar-refractivity contribution in [3.05, 3.63) is 59.7 Å². The van der Waals surface area contributed by atoms with Crippen LogP contribution in [0, 0.1) is 0 Å². The zero-order valence-electron chi connectivity index (χ0n) is 12.4. The minimum atomic E-state index is 0.384. The molecule has 0 aliphatic carbocycles. The SMILES string of the molecule is CCSc1ccccc1NC1CCNCc2ccccc21. The fourth-order valence-corrected chi connectivity index (χ4v) is 3.63. The zero-order chi connectivity index (χ0) is 14.5. The molecule has 3 heteroatoms. The summed E-state index contributed by atoms with van der Waals surface area (Å²) >= 11 is 1.90. The van der Waals surface area contributed by atoms with Gasteiger partial charge in [-0.25, -0.2) is 0 Å². The van der Waals surface area contributed by atoms with Gasteiger partial charge >= 0.3 is 0 Å². The second-order valence-corrected chi connectivity index (χ2v) is 6.60. The van der Waals surface area contributed by atoms with Gasteiger partial charge in [0, 0.05) is 17.1 Å². The molecule has 1 atom stereocenters. The van der Waals surface area contributed by atoms with Crippen molar-refractivity contribution >= 4 is 17.4 Å². The minimum absolute atomic E-state index is 0.384. The molecule has 0 bridgehead atoms. The number of nitrogens with one attached hydrogen (secondary N) is 2. The van der Waals surface area contributed by atoms with Crippen molar-refractivity contribution in [3.63, 3.8) is 0 Å². The molecule has 0 fully saturated rings. The summed E-state index contributed by atoms with van der Waals surface area (Å²) in [6.45, 7) is 4.22. The molecule has 0 radical (unpaired) electrons. The molecule has 2 aromatic carbocycles. The van der Waals surface area contributed by atoms with Crippen LogP contribution in [0.15, 0.2) is 53.4 Å². The largest absolute Gasteiger partial charge is 0.377 e. The maximum Gasteiger partial charge on any atom is 0.0529 e. The highest BCUT2D eigenvalue weighted by atomic mass is 32.2. The van der Waals surface area contributed by atoms with Crippen molar-refractivity contribution < 1.29 is 0 Å². The lowest BCUT2D eigenvalue weighted by Gasteiger charge is -2.22. The van der Waals surface area contributed by atoms with Gasteiger partial charge in [-0.3, -0.25) is 0 Å². The highest BCUT2D eigenvalue weighted by molar-refractivity contribution is 7.99.